The van der Waals surface area contributed by atoms with E-state index in [4.69, 9.17) is 28.4 Å². The smallest absolute Gasteiger partial charge is 0.236 e. The molecule has 0 aromatic carbocycles. The molecular formula is C38H73NO8. The number of allylic oxidation sites excluding steroid dienone is 1. The van der Waals surface area contributed by atoms with Crippen LogP contribution in [-0.2, 0) is 38.0 Å². The van der Waals surface area contributed by atoms with Gasteiger partial charge in [-0.15, -0.1) is 0 Å². The van der Waals surface area contributed by atoms with Crippen molar-refractivity contribution < 1.29 is 38.0 Å². The van der Waals surface area contributed by atoms with Crippen molar-refractivity contribution >= 4 is 11.7 Å². The van der Waals surface area contributed by atoms with Crippen LogP contribution in [0.25, 0.3) is 0 Å². The van der Waals surface area contributed by atoms with Gasteiger partial charge in [0.15, 0.2) is 5.78 Å². The Morgan fingerprint density at radius 2 is 1.23 bits per heavy atom. The molecule has 0 spiro atoms. The Hall–Kier alpha value is -1.36. The lowest BCUT2D eigenvalue weighted by atomic mass is 9.95. The fourth-order valence-corrected chi connectivity index (χ4v) is 5.19. The molecular weight excluding hydrogens is 598 g/mol. The average Bonchev–Trinajstić information content (AvgIpc) is 3.29. The summed E-state index contributed by atoms with van der Waals surface area (Å²) in [6.45, 7) is 34.9. The first-order chi connectivity index (χ1) is 21.7. The molecule has 3 atom stereocenters. The molecule has 2 aliphatic rings. The summed E-state index contributed by atoms with van der Waals surface area (Å²) in [6, 6.07) is 0. The van der Waals surface area contributed by atoms with E-state index >= 15 is 0 Å². The van der Waals surface area contributed by atoms with Crippen LogP contribution < -0.4 is 0 Å². The van der Waals surface area contributed by atoms with Crippen molar-refractivity contribution in [3.8, 4) is 0 Å². The Morgan fingerprint density at radius 3 is 1.62 bits per heavy atom. The number of Topliss-reactive ketones (excluding diaryl/α,β-unsaturated/α-hetero) is 1. The summed E-state index contributed by atoms with van der Waals surface area (Å²) in [7, 11) is 0. The maximum Gasteiger partial charge on any atom is 0.236 e. The number of carbonyl (C=O) groups excluding carboxylic acids is 2. The summed E-state index contributed by atoms with van der Waals surface area (Å²) >= 11 is 0. The van der Waals surface area contributed by atoms with Crippen LogP contribution >= 0.6 is 0 Å². The largest absolute Gasteiger partial charge is 0.378 e. The van der Waals surface area contributed by atoms with Gasteiger partial charge in [-0.1, -0.05) is 27.7 Å². The highest BCUT2D eigenvalue weighted by Gasteiger charge is 2.42. The molecule has 0 radical (unpaired) electrons. The molecule has 0 aromatic heterocycles. The molecule has 0 aliphatic carbocycles. The van der Waals surface area contributed by atoms with Crippen LogP contribution in [0.5, 0.6) is 0 Å². The van der Waals surface area contributed by atoms with E-state index < -0.39 is 6.23 Å². The lowest BCUT2D eigenvalue weighted by Gasteiger charge is -2.30. The zero-order valence-electron chi connectivity index (χ0n) is 33.0. The second-order valence-electron chi connectivity index (χ2n) is 15.1. The van der Waals surface area contributed by atoms with E-state index in [1.165, 1.54) is 6.42 Å². The van der Waals surface area contributed by atoms with Crippen molar-refractivity contribution in [1.82, 2.24) is 4.90 Å². The van der Waals surface area contributed by atoms with Crippen molar-refractivity contribution in [2.75, 3.05) is 19.8 Å². The molecule has 278 valence electrons. The standard InChI is InChI=1S/C19H31NO5.C13H28O2.C6H14O/c1-11(2)14-9-20(18(22)7-15(14)21)19-8-16(24-13(5)6)17(25-19)10-23-12(3)4;1-10(2)7-13(8-14-11(3)4)9-15-12(5)6;1-5(2)7-6(3)4/h9,11-13,16-17,19H,7-8,10H2,1-6H3;10-13H,7-9H2,1-6H3;5-6H,1-4H3. The lowest BCUT2D eigenvalue weighted by Crippen LogP contribution is -2.41. The third-order valence-electron chi connectivity index (χ3n) is 7.03. The first-order valence-electron chi connectivity index (χ1n) is 18.1. The van der Waals surface area contributed by atoms with Crippen LogP contribution in [0.2, 0.25) is 0 Å². The van der Waals surface area contributed by atoms with Gasteiger partial charge in [0.1, 0.15) is 12.3 Å². The van der Waals surface area contributed by atoms with Gasteiger partial charge in [0.05, 0.1) is 69.0 Å². The topological polar surface area (TPSA) is 92.8 Å². The molecule has 0 N–H and O–H groups in total. The minimum absolute atomic E-state index is 0.0642. The molecule has 0 aromatic rings. The number of carbonyl (C=O) groups is 2. The zero-order chi connectivity index (χ0) is 36.4. The van der Waals surface area contributed by atoms with Gasteiger partial charge in [-0.2, -0.15) is 0 Å². The van der Waals surface area contributed by atoms with Crippen molar-refractivity contribution in [3.63, 3.8) is 0 Å². The molecule has 3 unspecified atom stereocenters. The van der Waals surface area contributed by atoms with E-state index in [1.807, 2.05) is 69.2 Å². The summed E-state index contributed by atoms with van der Waals surface area (Å²) in [5.41, 5.74) is 0.673. The number of ether oxygens (including phenoxy) is 6. The molecule has 2 heterocycles. The summed E-state index contributed by atoms with van der Waals surface area (Å²) in [4.78, 5) is 26.0. The molecule has 47 heavy (non-hydrogen) atoms. The SMILES string of the molecule is CC(C)CC(COC(C)C)COC(C)C.CC(C)OC(C)C.CC(C)OCC1OC(N2C=C(C(C)C)C(=O)CC2=O)CC1OC(C)C. The molecule has 1 saturated heterocycles. The normalized spacial score (nSPS) is 20.4. The zero-order valence-corrected chi connectivity index (χ0v) is 33.0. The third-order valence-corrected chi connectivity index (χ3v) is 7.03. The number of rotatable bonds is 17. The molecule has 1 fully saturated rings. The quantitative estimate of drug-likeness (QED) is 0.144. The molecule has 1 amide bonds. The van der Waals surface area contributed by atoms with Gasteiger partial charge in [0, 0.05) is 24.1 Å². The molecule has 0 bridgehead atoms. The van der Waals surface area contributed by atoms with E-state index in [1.54, 1.807) is 11.1 Å². The van der Waals surface area contributed by atoms with Gasteiger partial charge in [-0.25, -0.2) is 0 Å². The van der Waals surface area contributed by atoms with Gasteiger partial charge < -0.3 is 28.4 Å². The fraction of sp³-hybridized carbons (Fsp3) is 0.895. The molecule has 2 rings (SSSR count). The summed E-state index contributed by atoms with van der Waals surface area (Å²) in [5, 5.41) is 0. The van der Waals surface area contributed by atoms with Crippen molar-refractivity contribution in [1.29, 1.82) is 0 Å². The van der Waals surface area contributed by atoms with Crippen LogP contribution in [0.15, 0.2) is 11.8 Å². The Balaban J connectivity index is 0.000000814. The number of hydrogen-bond donors (Lipinski definition) is 0. The first-order valence-corrected chi connectivity index (χ1v) is 18.1. The summed E-state index contributed by atoms with van der Waals surface area (Å²) in [6.07, 6.45) is 4.11. The van der Waals surface area contributed by atoms with Crippen LogP contribution in [0.4, 0.5) is 0 Å². The van der Waals surface area contributed by atoms with E-state index in [0.717, 1.165) is 13.2 Å². The Morgan fingerprint density at radius 1 is 0.723 bits per heavy atom. The monoisotopic (exact) mass is 672 g/mol. The van der Waals surface area contributed by atoms with Gasteiger partial charge in [0.2, 0.25) is 5.91 Å². The first kappa shape index (κ1) is 45.6. The van der Waals surface area contributed by atoms with Crippen molar-refractivity contribution in [3.05, 3.63) is 11.8 Å². The number of hydrogen-bond acceptors (Lipinski definition) is 8. The maximum absolute atomic E-state index is 12.4. The van der Waals surface area contributed by atoms with Gasteiger partial charge in [-0.05, 0) is 101 Å². The number of nitrogens with zero attached hydrogens (tertiary/aromatic N) is 1. The Bertz CT molecular complexity index is 863. The van der Waals surface area contributed by atoms with Crippen LogP contribution in [0.3, 0.4) is 0 Å². The number of ketones is 1. The molecule has 2 aliphatic heterocycles. The van der Waals surface area contributed by atoms with Gasteiger partial charge >= 0.3 is 0 Å². The Kier molecular flexibility index (Phi) is 23.2. The van der Waals surface area contributed by atoms with Crippen LogP contribution in [0, 0.1) is 17.8 Å². The van der Waals surface area contributed by atoms with Crippen LogP contribution in [-0.4, -0.2) is 91.5 Å². The predicted octanol–water partition coefficient (Wildman–Crippen LogP) is 7.98. The van der Waals surface area contributed by atoms with E-state index in [-0.39, 0.29) is 48.4 Å². The molecule has 9 nitrogen and oxygen atoms in total. The highest BCUT2D eigenvalue weighted by atomic mass is 16.6. The highest BCUT2D eigenvalue weighted by Crippen LogP contribution is 2.31. The predicted molar refractivity (Wildman–Crippen MR) is 190 cm³/mol. The van der Waals surface area contributed by atoms with E-state index in [0.29, 0.717) is 54.9 Å². The molecule has 9 heteroatoms. The fourth-order valence-electron chi connectivity index (χ4n) is 5.19. The summed E-state index contributed by atoms with van der Waals surface area (Å²) in [5.74, 6) is 1.01. The van der Waals surface area contributed by atoms with Crippen molar-refractivity contribution in [2.45, 2.75) is 185 Å². The Labute approximate surface area is 288 Å². The van der Waals surface area contributed by atoms with Gasteiger partial charge in [0.25, 0.3) is 0 Å². The van der Waals surface area contributed by atoms with Gasteiger partial charge in [-0.3, -0.25) is 14.5 Å². The molecule has 0 saturated carbocycles. The minimum Gasteiger partial charge on any atom is -0.378 e. The van der Waals surface area contributed by atoms with Crippen molar-refractivity contribution in [2.24, 2.45) is 17.8 Å². The number of amides is 1. The van der Waals surface area contributed by atoms with E-state index in [2.05, 4.69) is 41.5 Å². The van der Waals surface area contributed by atoms with Crippen LogP contribution in [0.1, 0.15) is 130 Å². The third kappa shape index (κ3) is 21.4. The summed E-state index contributed by atoms with van der Waals surface area (Å²) < 4.78 is 34.3. The minimum atomic E-state index is -0.418. The average molecular weight is 672 g/mol. The second kappa shape index (κ2) is 23.9. The van der Waals surface area contributed by atoms with E-state index in [9.17, 15) is 9.59 Å². The lowest BCUT2D eigenvalue weighted by molar-refractivity contribution is -0.147. The highest BCUT2D eigenvalue weighted by molar-refractivity contribution is 6.09. The maximum atomic E-state index is 12.4. The second-order valence-corrected chi connectivity index (χ2v) is 15.1.